The number of carbonyl (C=O) groups excluding carboxylic acids is 1. The van der Waals surface area contributed by atoms with Crippen LogP contribution in [0.15, 0.2) is 66.7 Å². The Morgan fingerprint density at radius 2 is 1.65 bits per heavy atom. The maximum absolute atomic E-state index is 13.4. The number of rotatable bonds is 8. The van der Waals surface area contributed by atoms with Gasteiger partial charge in [-0.3, -0.25) is 4.79 Å². The van der Waals surface area contributed by atoms with Crippen molar-refractivity contribution in [2.75, 3.05) is 51.0 Å². The maximum Gasteiger partial charge on any atom is 0.253 e. The van der Waals surface area contributed by atoms with Gasteiger partial charge in [-0.25, -0.2) is 4.98 Å². The topological polar surface area (TPSA) is 103 Å². The number of hydrogen-bond acceptors (Lipinski definition) is 8. The molecule has 40 heavy (non-hydrogen) atoms. The van der Waals surface area contributed by atoms with E-state index < -0.39 is 0 Å². The highest BCUT2D eigenvalue weighted by atomic mass is 16.5. The zero-order chi connectivity index (χ0) is 28.1. The summed E-state index contributed by atoms with van der Waals surface area (Å²) in [6.07, 6.45) is 1.60. The largest absolute Gasteiger partial charge is 0.493 e. The first-order valence-corrected chi connectivity index (χ1v) is 13.6. The van der Waals surface area contributed by atoms with E-state index in [4.69, 9.17) is 24.9 Å². The lowest BCUT2D eigenvalue weighted by Gasteiger charge is -2.23. The van der Waals surface area contributed by atoms with Crippen molar-refractivity contribution in [3.63, 3.8) is 0 Å². The minimum Gasteiger partial charge on any atom is -0.493 e. The predicted molar refractivity (Wildman–Crippen MR) is 156 cm³/mol. The van der Waals surface area contributed by atoms with Gasteiger partial charge in [0.05, 0.1) is 19.7 Å². The molecule has 2 N–H and O–H groups in total. The number of methoxy groups -OCH3 is 2. The van der Waals surface area contributed by atoms with E-state index in [9.17, 15) is 4.79 Å². The molecule has 9 nitrogen and oxygen atoms in total. The average molecular weight is 542 g/mol. The molecule has 1 atom stereocenters. The summed E-state index contributed by atoms with van der Waals surface area (Å²) < 4.78 is 17.0. The van der Waals surface area contributed by atoms with Crippen LogP contribution in [-0.2, 0) is 0 Å². The molecule has 1 aliphatic heterocycles. The van der Waals surface area contributed by atoms with Gasteiger partial charge >= 0.3 is 0 Å². The van der Waals surface area contributed by atoms with Crippen molar-refractivity contribution in [3.05, 3.63) is 77.9 Å². The lowest BCUT2D eigenvalue weighted by atomic mass is 10.1. The molecule has 0 radical (unpaired) electrons. The van der Waals surface area contributed by atoms with E-state index in [0.717, 1.165) is 24.2 Å². The first kappa shape index (κ1) is 27.1. The van der Waals surface area contributed by atoms with Crippen LogP contribution in [0.3, 0.4) is 0 Å². The van der Waals surface area contributed by atoms with Gasteiger partial charge in [-0.1, -0.05) is 37.3 Å². The summed E-state index contributed by atoms with van der Waals surface area (Å²) in [6.45, 7) is 4.61. The van der Waals surface area contributed by atoms with Crippen LogP contribution < -0.4 is 24.8 Å². The fourth-order valence-electron chi connectivity index (χ4n) is 5.01. The highest BCUT2D eigenvalue weighted by molar-refractivity contribution is 5.94. The summed E-state index contributed by atoms with van der Waals surface area (Å²) in [6, 6.07) is 21.2. The van der Waals surface area contributed by atoms with Crippen molar-refractivity contribution < 1.29 is 19.0 Å². The van der Waals surface area contributed by atoms with E-state index in [2.05, 4.69) is 28.9 Å². The number of hydrogen-bond donors (Lipinski definition) is 1. The number of ether oxygens (including phenoxy) is 3. The number of fused-ring (bicyclic) bond motifs is 1. The van der Waals surface area contributed by atoms with Crippen LogP contribution in [0.5, 0.6) is 17.2 Å². The molecule has 0 bridgehead atoms. The van der Waals surface area contributed by atoms with Crippen LogP contribution in [-0.4, -0.2) is 61.2 Å². The smallest absolute Gasteiger partial charge is 0.253 e. The van der Waals surface area contributed by atoms with Gasteiger partial charge in [-0.2, -0.15) is 4.98 Å². The number of benzene rings is 3. The Morgan fingerprint density at radius 1 is 0.925 bits per heavy atom. The van der Waals surface area contributed by atoms with Crippen molar-refractivity contribution >= 4 is 28.6 Å². The van der Waals surface area contributed by atoms with E-state index in [1.54, 1.807) is 26.4 Å². The third-order valence-electron chi connectivity index (χ3n) is 7.21. The molecule has 9 heteroatoms. The molecule has 0 spiro atoms. The quantitative estimate of drug-likeness (QED) is 0.328. The van der Waals surface area contributed by atoms with E-state index in [1.165, 1.54) is 0 Å². The minimum atomic E-state index is -0.0335. The van der Waals surface area contributed by atoms with E-state index in [-0.39, 0.29) is 12.0 Å². The van der Waals surface area contributed by atoms with Gasteiger partial charge in [0.15, 0.2) is 11.5 Å². The number of aromatic nitrogens is 2. The number of nitrogen functional groups attached to an aromatic ring is 1. The van der Waals surface area contributed by atoms with Crippen LogP contribution in [0.2, 0.25) is 0 Å². The highest BCUT2D eigenvalue weighted by Gasteiger charge is 2.23. The van der Waals surface area contributed by atoms with Crippen LogP contribution in [0.4, 0.5) is 11.8 Å². The molecule has 0 aliphatic carbocycles. The van der Waals surface area contributed by atoms with Crippen molar-refractivity contribution in [2.45, 2.75) is 25.9 Å². The zero-order valence-electron chi connectivity index (χ0n) is 23.2. The van der Waals surface area contributed by atoms with Gasteiger partial charge in [-0.15, -0.1) is 0 Å². The van der Waals surface area contributed by atoms with Crippen molar-refractivity contribution in [3.8, 4) is 17.2 Å². The fraction of sp³-hybridized carbons (Fsp3) is 0.323. The van der Waals surface area contributed by atoms with Gasteiger partial charge in [0, 0.05) is 43.2 Å². The number of amides is 1. The number of nitrogens with two attached hydrogens (primary N) is 1. The maximum atomic E-state index is 13.4. The summed E-state index contributed by atoms with van der Waals surface area (Å²) in [4.78, 5) is 26.6. The molecule has 4 aromatic rings. The summed E-state index contributed by atoms with van der Waals surface area (Å²) >= 11 is 0. The van der Waals surface area contributed by atoms with E-state index >= 15 is 0 Å². The second-order valence-corrected chi connectivity index (χ2v) is 9.72. The Kier molecular flexibility index (Phi) is 8.19. The molecule has 1 unspecified atom stereocenters. The number of anilines is 2. The van der Waals surface area contributed by atoms with Gasteiger partial charge in [0.2, 0.25) is 5.95 Å². The predicted octanol–water partition coefficient (Wildman–Crippen LogP) is 5.11. The van der Waals surface area contributed by atoms with E-state index in [0.29, 0.717) is 65.9 Å². The molecule has 1 aromatic heterocycles. The van der Waals surface area contributed by atoms with Gasteiger partial charge < -0.3 is 29.7 Å². The fourth-order valence-corrected chi connectivity index (χ4v) is 5.01. The standard InChI is InChI=1S/C31H35N5O4/c1-4-26(21-9-6-5-7-10-21)40-23-13-11-22(12-14-23)30(37)35-15-8-16-36(18-17-35)31-33-25-20-28(39-3)27(38-2)19-24(25)29(32)34-31/h5-7,9-14,19-20,26H,4,8,15-18H2,1-3H3,(H2,32,33,34). The molecule has 0 saturated carbocycles. The van der Waals surface area contributed by atoms with Crippen molar-refractivity contribution in [1.82, 2.24) is 14.9 Å². The normalized spacial score (nSPS) is 14.5. The van der Waals surface area contributed by atoms with Gasteiger partial charge in [0.1, 0.15) is 17.7 Å². The van der Waals surface area contributed by atoms with E-state index in [1.807, 2.05) is 47.4 Å². The highest BCUT2D eigenvalue weighted by Crippen LogP contribution is 2.34. The monoisotopic (exact) mass is 541 g/mol. The Morgan fingerprint density at radius 3 is 2.35 bits per heavy atom. The summed E-state index contributed by atoms with van der Waals surface area (Å²) in [5.74, 6) is 2.81. The number of carbonyl (C=O) groups is 1. The van der Waals surface area contributed by atoms with Crippen LogP contribution in [0, 0.1) is 0 Å². The average Bonchev–Trinajstić information content (AvgIpc) is 3.26. The molecule has 3 aromatic carbocycles. The molecular weight excluding hydrogens is 506 g/mol. The first-order valence-electron chi connectivity index (χ1n) is 13.6. The van der Waals surface area contributed by atoms with Crippen LogP contribution in [0.25, 0.3) is 10.9 Å². The molecular formula is C31H35N5O4. The SMILES string of the molecule is CCC(Oc1ccc(C(=O)N2CCCN(c3nc(N)c4cc(OC)c(OC)cc4n3)CC2)cc1)c1ccccc1. The molecule has 2 heterocycles. The van der Waals surface area contributed by atoms with Crippen LogP contribution in [0.1, 0.15) is 41.8 Å². The molecule has 1 saturated heterocycles. The molecule has 208 valence electrons. The third kappa shape index (κ3) is 5.73. The van der Waals surface area contributed by atoms with Gasteiger partial charge in [0.25, 0.3) is 5.91 Å². The lowest BCUT2D eigenvalue weighted by Crippen LogP contribution is -2.35. The lowest BCUT2D eigenvalue weighted by molar-refractivity contribution is 0.0767. The molecule has 1 amide bonds. The Labute approximate surface area is 234 Å². The second kappa shape index (κ2) is 12.1. The minimum absolute atomic E-state index is 0.000670. The molecule has 1 fully saturated rings. The summed E-state index contributed by atoms with van der Waals surface area (Å²) in [5.41, 5.74) is 8.76. The second-order valence-electron chi connectivity index (χ2n) is 9.72. The molecule has 1 aliphatic rings. The van der Waals surface area contributed by atoms with Crippen molar-refractivity contribution in [2.24, 2.45) is 0 Å². The summed E-state index contributed by atoms with van der Waals surface area (Å²) in [5, 5.41) is 0.703. The Balaban J connectivity index is 1.26. The summed E-state index contributed by atoms with van der Waals surface area (Å²) in [7, 11) is 3.16. The number of nitrogens with zero attached hydrogens (tertiary/aromatic N) is 4. The van der Waals surface area contributed by atoms with Gasteiger partial charge in [-0.05, 0) is 48.7 Å². The Bertz CT molecular complexity index is 1460. The molecule has 5 rings (SSSR count). The van der Waals surface area contributed by atoms with Crippen LogP contribution >= 0.6 is 0 Å². The zero-order valence-corrected chi connectivity index (χ0v) is 23.2. The first-order chi connectivity index (χ1) is 19.5. The van der Waals surface area contributed by atoms with Crippen molar-refractivity contribution in [1.29, 1.82) is 0 Å². The third-order valence-corrected chi connectivity index (χ3v) is 7.21. The Hall–Kier alpha value is -4.53.